The maximum Gasteiger partial charge on any atom is 0.356 e. The van der Waals surface area contributed by atoms with E-state index in [9.17, 15) is 19.2 Å². The highest BCUT2D eigenvalue weighted by Crippen LogP contribution is 2.64. The molecule has 13 heteroatoms. The van der Waals surface area contributed by atoms with Gasteiger partial charge in [-0.25, -0.2) is 4.79 Å². The van der Waals surface area contributed by atoms with Gasteiger partial charge < -0.3 is 33.4 Å². The topological polar surface area (TPSA) is 143 Å². The molecular weight excluding hydrogens is 941 g/mol. The molecule has 2 fully saturated rings. The number of ether oxygens (including phenoxy) is 5. The Kier molecular flexibility index (Phi) is 12.6. The summed E-state index contributed by atoms with van der Waals surface area (Å²) in [6.45, 7) is 2.26. The van der Waals surface area contributed by atoms with E-state index in [4.69, 9.17) is 28.1 Å². The third-order valence-corrected chi connectivity index (χ3v) is 15.7. The van der Waals surface area contributed by atoms with E-state index < -0.39 is 33.8 Å². The van der Waals surface area contributed by atoms with E-state index in [-0.39, 0.29) is 36.7 Å². The first-order chi connectivity index (χ1) is 35.6. The third-order valence-electron chi connectivity index (χ3n) is 13.8. The fraction of sp³-hybridized carbons (Fsp3) is 0.200. The Morgan fingerprint density at radius 3 is 2.01 bits per heavy atom. The molecule has 0 unspecified atom stereocenters. The second kappa shape index (κ2) is 19.5. The fourth-order valence-electron chi connectivity index (χ4n) is 9.87. The number of nitrogens with zero attached hydrogens (tertiary/aromatic N) is 1. The molecule has 12 nitrogen and oxygen atoms in total. The van der Waals surface area contributed by atoms with Crippen LogP contribution in [0.25, 0.3) is 33.4 Å². The second-order valence-corrected chi connectivity index (χ2v) is 19.9. The predicted octanol–water partition coefficient (Wildman–Crippen LogP) is 10.6. The van der Waals surface area contributed by atoms with Crippen LogP contribution in [0.15, 0.2) is 190 Å². The summed E-state index contributed by atoms with van der Waals surface area (Å²) in [6.07, 6.45) is 0.678. The van der Waals surface area contributed by atoms with Crippen molar-refractivity contribution in [2.75, 3.05) is 20.8 Å². The maximum atomic E-state index is 15.0. The first-order valence-electron chi connectivity index (χ1n) is 24.0. The van der Waals surface area contributed by atoms with Crippen molar-refractivity contribution in [3.63, 3.8) is 0 Å². The molecule has 1 spiro atoms. The van der Waals surface area contributed by atoms with Crippen LogP contribution in [0.1, 0.15) is 46.8 Å². The highest BCUT2D eigenvalue weighted by molar-refractivity contribution is 8.02. The van der Waals surface area contributed by atoms with E-state index in [2.05, 4.69) is 5.32 Å². The van der Waals surface area contributed by atoms with Crippen molar-refractivity contribution in [1.29, 1.82) is 0 Å². The average molecular weight is 991 g/mol. The molecule has 2 amide bonds. The number of esters is 1. The summed E-state index contributed by atoms with van der Waals surface area (Å²) in [5.74, 6) is 0.705. The number of benzene rings is 7. The Balaban J connectivity index is 0.855. The van der Waals surface area contributed by atoms with Crippen LogP contribution in [0, 0.1) is 6.92 Å². The molecule has 3 heterocycles. The first-order valence-corrected chi connectivity index (χ1v) is 24.9. The minimum atomic E-state index is -1.71. The molecule has 366 valence electrons. The Morgan fingerprint density at radius 1 is 0.712 bits per heavy atom. The molecule has 0 aromatic heterocycles. The van der Waals surface area contributed by atoms with Gasteiger partial charge in [0.15, 0.2) is 11.5 Å². The van der Waals surface area contributed by atoms with Gasteiger partial charge in [0.2, 0.25) is 5.91 Å². The Labute approximate surface area is 425 Å². The molecule has 0 radical (unpaired) electrons. The molecule has 5 aliphatic rings. The molecular formula is C60H50N2O10S. The van der Waals surface area contributed by atoms with Crippen LogP contribution in [-0.4, -0.2) is 59.4 Å². The van der Waals surface area contributed by atoms with Gasteiger partial charge in [-0.2, -0.15) is 0 Å². The van der Waals surface area contributed by atoms with Gasteiger partial charge in [-0.05, 0) is 102 Å². The number of thioether (sulfide) groups is 1. The Morgan fingerprint density at radius 2 is 1.36 bits per heavy atom. The number of aryl methyl sites for hydroxylation is 1. The van der Waals surface area contributed by atoms with Gasteiger partial charge >= 0.3 is 5.97 Å². The number of nitrogens with one attached hydrogen (secondary N) is 1. The number of hydrogen-bond acceptors (Lipinski definition) is 11. The number of β-lactam (4-membered cyclic amide) rings is 1. The van der Waals surface area contributed by atoms with Crippen molar-refractivity contribution in [3.8, 4) is 39.7 Å². The summed E-state index contributed by atoms with van der Waals surface area (Å²) in [6, 6.07) is 52.2. The Bertz CT molecular complexity index is 3410. The fourth-order valence-corrected chi connectivity index (χ4v) is 11.7. The number of carbonyl (C=O) groups excluding carboxylic acids is 3. The molecule has 73 heavy (non-hydrogen) atoms. The molecule has 3 aliphatic heterocycles. The molecule has 1 N–H and O–H groups in total. The lowest BCUT2D eigenvalue weighted by Gasteiger charge is -2.57. The van der Waals surface area contributed by atoms with E-state index >= 15 is 0 Å². The monoisotopic (exact) mass is 990 g/mol. The number of amides is 2. The van der Waals surface area contributed by atoms with Gasteiger partial charge in [0.05, 0.1) is 13.5 Å². The van der Waals surface area contributed by atoms with Crippen molar-refractivity contribution < 1.29 is 42.5 Å². The normalized spacial score (nSPS) is 17.6. The van der Waals surface area contributed by atoms with Crippen LogP contribution < -0.4 is 25.0 Å². The second-order valence-electron chi connectivity index (χ2n) is 18.4. The van der Waals surface area contributed by atoms with E-state index in [1.54, 1.807) is 19.2 Å². The summed E-state index contributed by atoms with van der Waals surface area (Å²) in [7, 11) is 3.04. The van der Waals surface area contributed by atoms with Crippen LogP contribution in [0.5, 0.6) is 17.2 Å². The van der Waals surface area contributed by atoms with Crippen LogP contribution in [-0.2, 0) is 36.9 Å². The van der Waals surface area contributed by atoms with Gasteiger partial charge in [0.25, 0.3) is 11.6 Å². The smallest absolute Gasteiger partial charge is 0.356 e. The van der Waals surface area contributed by atoms with Gasteiger partial charge in [0.1, 0.15) is 52.9 Å². The molecule has 2 atom stereocenters. The lowest BCUT2D eigenvalue weighted by atomic mass is 9.91. The van der Waals surface area contributed by atoms with Crippen molar-refractivity contribution in [2.24, 2.45) is 0 Å². The zero-order valence-corrected chi connectivity index (χ0v) is 41.1. The van der Waals surface area contributed by atoms with Gasteiger partial charge in [-0.1, -0.05) is 109 Å². The molecule has 6 aromatic carbocycles. The molecule has 1 saturated carbocycles. The summed E-state index contributed by atoms with van der Waals surface area (Å²) in [5, 5.41) is 3.03. The summed E-state index contributed by atoms with van der Waals surface area (Å²) in [4.78, 5) is 57.1. The quantitative estimate of drug-likeness (QED) is 0.0428. The van der Waals surface area contributed by atoms with Crippen LogP contribution in [0.4, 0.5) is 0 Å². The number of hydrogen-bond donors (Lipinski definition) is 1. The van der Waals surface area contributed by atoms with E-state index in [0.29, 0.717) is 41.3 Å². The lowest BCUT2D eigenvalue weighted by molar-refractivity contribution is -0.193. The molecule has 11 rings (SSSR count). The van der Waals surface area contributed by atoms with Crippen LogP contribution in [0.3, 0.4) is 0 Å². The third kappa shape index (κ3) is 8.99. The van der Waals surface area contributed by atoms with Crippen molar-refractivity contribution in [3.05, 3.63) is 219 Å². The predicted molar refractivity (Wildman–Crippen MR) is 278 cm³/mol. The van der Waals surface area contributed by atoms with E-state index in [1.165, 1.54) is 29.8 Å². The van der Waals surface area contributed by atoms with E-state index in [1.807, 2.05) is 159 Å². The highest BCUT2D eigenvalue weighted by Gasteiger charge is 2.72. The first kappa shape index (κ1) is 47.2. The molecule has 1 saturated heterocycles. The number of rotatable bonds is 16. The molecule has 0 bridgehead atoms. The summed E-state index contributed by atoms with van der Waals surface area (Å²) < 4.78 is 36.4. The lowest BCUT2D eigenvalue weighted by Crippen LogP contribution is -2.81. The highest BCUT2D eigenvalue weighted by atomic mass is 32.2. The standard InChI is InChI=1S/C60H50N2O10S/c1-37-31-44(67-2)24-27-46(37)53-47-26-21-42(63)33-50(47)71-51-34-45(25-28-48(51)53)69-35-39-19-22-43(23-20-39)70-36-49-54(56(65)72-55(40-15-9-5-10-16-40)41-17-11-6-12-18-41)62-57(66)60(68-3,58(62)73-59(49)29-30-59)61-52(64)32-38-13-7-4-8-14-38/h4-28,31,33-34,55,58H,29-30,32,35-36H2,1-3H3,(H,61,64)/t58-,60+/m1/s1. The van der Waals surface area contributed by atoms with Crippen molar-refractivity contribution >= 4 is 40.5 Å². The summed E-state index contributed by atoms with van der Waals surface area (Å²) >= 11 is 1.50. The van der Waals surface area contributed by atoms with Gasteiger partial charge in [-0.15, -0.1) is 11.8 Å². The Hall–Kier alpha value is -8.13. The maximum absolute atomic E-state index is 15.0. The average Bonchev–Trinajstić information content (AvgIpc) is 4.20. The molecule has 2 aliphatic carbocycles. The zero-order valence-electron chi connectivity index (χ0n) is 40.3. The SMILES string of the molecule is COc1ccc(-c2c3ccc(=O)cc-3oc3cc(OCc4ccc(OCC5=C(C(=O)OC(c6ccccc6)c6ccccc6)N6C(=O)[C@](NC(=O)Cc7ccccc7)(OC)[C@H]6SC56CC6)cc4)ccc23)c(C)c1. The number of methoxy groups -OCH3 is 2. The summed E-state index contributed by atoms with van der Waals surface area (Å²) in [5.41, 5.74) is 6.39. The van der Waals surface area contributed by atoms with E-state index in [0.717, 1.165) is 55.6 Å². The number of fused-ring (bicyclic) bond motifs is 3. The van der Waals surface area contributed by atoms with Crippen LogP contribution in [0.2, 0.25) is 0 Å². The van der Waals surface area contributed by atoms with Crippen molar-refractivity contribution in [2.45, 2.75) is 54.7 Å². The van der Waals surface area contributed by atoms with Gasteiger partial charge in [0, 0.05) is 46.1 Å². The zero-order chi connectivity index (χ0) is 50.3. The number of carbonyl (C=O) groups is 3. The molecule has 6 aromatic rings. The van der Waals surface area contributed by atoms with Crippen LogP contribution >= 0.6 is 11.8 Å². The largest absolute Gasteiger partial charge is 0.497 e. The minimum Gasteiger partial charge on any atom is -0.497 e. The van der Waals surface area contributed by atoms with Crippen molar-refractivity contribution in [1.82, 2.24) is 10.2 Å². The van der Waals surface area contributed by atoms with Gasteiger partial charge in [-0.3, -0.25) is 19.3 Å². The minimum absolute atomic E-state index is 0.00732.